The molecule has 1 unspecified atom stereocenters. The van der Waals surface area contributed by atoms with E-state index in [9.17, 15) is 14.3 Å². The number of H-pyrrole nitrogens is 1. The number of halogens is 1. The van der Waals surface area contributed by atoms with Crippen molar-refractivity contribution in [2.75, 3.05) is 10.6 Å². The minimum absolute atomic E-state index is 0.269. The molecular formula is C24H26FN7O2. The van der Waals surface area contributed by atoms with Gasteiger partial charge in [0.25, 0.3) is 0 Å². The number of benzene rings is 2. The molecule has 1 atom stereocenters. The average Bonchev–Trinajstić information content (AvgIpc) is 3.51. The highest BCUT2D eigenvalue weighted by molar-refractivity contribution is 5.79. The van der Waals surface area contributed by atoms with Gasteiger partial charge in [-0.05, 0) is 54.3 Å². The SMILES string of the molecule is CCc1cc(F)cc(C)c1NC(Cc1ccc(-n2cnc(CNc3ncc[nH]3)n2)cc1)C(=O)O. The summed E-state index contributed by atoms with van der Waals surface area (Å²) >= 11 is 0. The van der Waals surface area contributed by atoms with Crippen LogP contribution in [-0.2, 0) is 24.2 Å². The van der Waals surface area contributed by atoms with E-state index in [1.54, 1.807) is 30.3 Å². The number of aromatic amines is 1. The van der Waals surface area contributed by atoms with Crippen molar-refractivity contribution in [1.82, 2.24) is 24.7 Å². The van der Waals surface area contributed by atoms with Crippen molar-refractivity contribution in [3.05, 3.63) is 83.5 Å². The Morgan fingerprint density at radius 3 is 2.71 bits per heavy atom. The number of nitrogens with zero attached hydrogens (tertiary/aromatic N) is 4. The number of imidazole rings is 1. The Labute approximate surface area is 196 Å². The maximum absolute atomic E-state index is 13.8. The lowest BCUT2D eigenvalue weighted by molar-refractivity contribution is -0.137. The smallest absolute Gasteiger partial charge is 0.326 e. The van der Waals surface area contributed by atoms with Crippen molar-refractivity contribution >= 4 is 17.6 Å². The molecule has 0 amide bonds. The van der Waals surface area contributed by atoms with Crippen molar-refractivity contribution in [3.8, 4) is 5.69 Å². The van der Waals surface area contributed by atoms with Crippen LogP contribution in [0.4, 0.5) is 16.0 Å². The summed E-state index contributed by atoms with van der Waals surface area (Å²) in [5.74, 6) is -0.0450. The van der Waals surface area contributed by atoms with Crippen LogP contribution >= 0.6 is 0 Å². The van der Waals surface area contributed by atoms with Gasteiger partial charge in [0.1, 0.15) is 18.2 Å². The third kappa shape index (κ3) is 5.40. The van der Waals surface area contributed by atoms with Gasteiger partial charge in [0.2, 0.25) is 0 Å². The van der Waals surface area contributed by atoms with Gasteiger partial charge in [0.05, 0.1) is 12.2 Å². The molecule has 34 heavy (non-hydrogen) atoms. The Morgan fingerprint density at radius 1 is 1.24 bits per heavy atom. The molecule has 0 spiro atoms. The van der Waals surface area contributed by atoms with Gasteiger partial charge in [-0.25, -0.2) is 23.8 Å². The predicted molar refractivity (Wildman–Crippen MR) is 127 cm³/mol. The highest BCUT2D eigenvalue weighted by atomic mass is 19.1. The molecule has 0 fully saturated rings. The fraction of sp³-hybridized carbons (Fsp3) is 0.250. The molecule has 0 saturated heterocycles. The van der Waals surface area contributed by atoms with Crippen LogP contribution in [0.1, 0.15) is 29.4 Å². The average molecular weight is 464 g/mol. The van der Waals surface area contributed by atoms with Crippen LogP contribution in [0.3, 0.4) is 0 Å². The molecule has 2 heterocycles. The first-order valence-corrected chi connectivity index (χ1v) is 10.9. The van der Waals surface area contributed by atoms with Gasteiger partial charge in [-0.2, -0.15) is 0 Å². The zero-order valence-corrected chi connectivity index (χ0v) is 18.9. The largest absolute Gasteiger partial charge is 0.480 e. The first-order valence-electron chi connectivity index (χ1n) is 10.9. The monoisotopic (exact) mass is 463 g/mol. The topological polar surface area (TPSA) is 121 Å². The fourth-order valence-electron chi connectivity index (χ4n) is 3.72. The summed E-state index contributed by atoms with van der Waals surface area (Å²) in [6, 6.07) is 9.47. The zero-order valence-electron chi connectivity index (χ0n) is 18.9. The molecule has 0 saturated carbocycles. The van der Waals surface area contributed by atoms with E-state index in [-0.39, 0.29) is 12.2 Å². The number of aryl methyl sites for hydroxylation is 2. The summed E-state index contributed by atoms with van der Waals surface area (Å²) < 4.78 is 15.4. The number of nitrogens with one attached hydrogen (secondary N) is 3. The third-order valence-electron chi connectivity index (χ3n) is 5.47. The molecule has 4 rings (SSSR count). The molecule has 176 valence electrons. The lowest BCUT2D eigenvalue weighted by Gasteiger charge is -2.20. The molecule has 4 aromatic rings. The lowest BCUT2D eigenvalue weighted by Crippen LogP contribution is -2.32. The number of hydrogen-bond acceptors (Lipinski definition) is 6. The van der Waals surface area contributed by atoms with Crippen LogP contribution in [0, 0.1) is 12.7 Å². The summed E-state index contributed by atoms with van der Waals surface area (Å²) in [4.78, 5) is 23.3. The Kier molecular flexibility index (Phi) is 6.86. The summed E-state index contributed by atoms with van der Waals surface area (Å²) in [6.07, 6.45) is 5.87. The number of aromatic nitrogens is 5. The van der Waals surface area contributed by atoms with Crippen molar-refractivity contribution in [3.63, 3.8) is 0 Å². The Bertz CT molecular complexity index is 1250. The first kappa shape index (κ1) is 23.0. The van der Waals surface area contributed by atoms with Gasteiger partial charge in [0, 0.05) is 24.5 Å². The zero-order chi connectivity index (χ0) is 24.1. The molecule has 4 N–H and O–H groups in total. The summed E-state index contributed by atoms with van der Waals surface area (Å²) in [7, 11) is 0. The van der Waals surface area contributed by atoms with Crippen molar-refractivity contribution < 1.29 is 14.3 Å². The van der Waals surface area contributed by atoms with E-state index in [1.165, 1.54) is 12.1 Å². The van der Waals surface area contributed by atoms with E-state index in [0.717, 1.165) is 16.8 Å². The van der Waals surface area contributed by atoms with Gasteiger partial charge in [-0.3, -0.25) is 0 Å². The van der Waals surface area contributed by atoms with E-state index in [4.69, 9.17) is 0 Å². The number of anilines is 2. The predicted octanol–water partition coefficient (Wildman–Crippen LogP) is 3.72. The van der Waals surface area contributed by atoms with Crippen LogP contribution in [0.15, 0.2) is 55.1 Å². The van der Waals surface area contributed by atoms with Crippen molar-refractivity contribution in [2.45, 2.75) is 39.3 Å². The second-order valence-corrected chi connectivity index (χ2v) is 7.91. The summed E-state index contributed by atoms with van der Waals surface area (Å²) in [5.41, 5.74) is 3.76. The molecule has 0 aliphatic rings. The molecule has 0 bridgehead atoms. The normalized spacial score (nSPS) is 11.9. The minimum atomic E-state index is -0.972. The van der Waals surface area contributed by atoms with Gasteiger partial charge in [0.15, 0.2) is 11.8 Å². The van der Waals surface area contributed by atoms with Crippen LogP contribution < -0.4 is 10.6 Å². The number of carbonyl (C=O) groups is 1. The van der Waals surface area contributed by atoms with E-state index in [2.05, 4.69) is 30.7 Å². The van der Waals surface area contributed by atoms with Crippen LogP contribution in [0.5, 0.6) is 0 Å². The maximum Gasteiger partial charge on any atom is 0.326 e. The van der Waals surface area contributed by atoms with Crippen LogP contribution in [0.25, 0.3) is 5.69 Å². The third-order valence-corrected chi connectivity index (χ3v) is 5.47. The highest BCUT2D eigenvalue weighted by Crippen LogP contribution is 2.25. The molecule has 2 aromatic heterocycles. The summed E-state index contributed by atoms with van der Waals surface area (Å²) in [5, 5.41) is 20.4. The second-order valence-electron chi connectivity index (χ2n) is 7.91. The molecule has 10 heteroatoms. The number of hydrogen-bond donors (Lipinski definition) is 4. The van der Waals surface area contributed by atoms with Gasteiger partial charge < -0.3 is 20.7 Å². The van der Waals surface area contributed by atoms with Crippen molar-refractivity contribution in [1.29, 1.82) is 0 Å². The van der Waals surface area contributed by atoms with Crippen LogP contribution in [0.2, 0.25) is 0 Å². The summed E-state index contributed by atoms with van der Waals surface area (Å²) in [6.45, 7) is 4.11. The highest BCUT2D eigenvalue weighted by Gasteiger charge is 2.20. The lowest BCUT2D eigenvalue weighted by atomic mass is 10.0. The van der Waals surface area contributed by atoms with E-state index >= 15 is 0 Å². The number of aliphatic carboxylic acids is 1. The quantitative estimate of drug-likeness (QED) is 0.283. The maximum atomic E-state index is 13.8. The molecular weight excluding hydrogens is 437 g/mol. The molecule has 9 nitrogen and oxygen atoms in total. The molecule has 2 aromatic carbocycles. The Balaban J connectivity index is 1.43. The second kappa shape index (κ2) is 10.2. The fourth-order valence-corrected chi connectivity index (χ4v) is 3.72. The number of carboxylic acid groups (broad SMARTS) is 1. The Hall–Kier alpha value is -4.21. The standard InChI is InChI=1S/C24H26FN7O2/c1-3-17-12-18(25)10-15(2)22(17)30-20(23(33)34)11-16-4-6-19(7-5-16)32-14-29-21(31-32)13-28-24-26-8-9-27-24/h4-10,12,14,20,30H,3,11,13H2,1-2H3,(H,33,34)(H2,26,27,28). The Morgan fingerprint density at radius 2 is 2.03 bits per heavy atom. The number of carboxylic acids is 1. The van der Waals surface area contributed by atoms with Crippen molar-refractivity contribution in [2.24, 2.45) is 0 Å². The van der Waals surface area contributed by atoms with E-state index < -0.39 is 12.0 Å². The van der Waals surface area contributed by atoms with E-state index in [0.29, 0.717) is 36.0 Å². The molecule has 0 radical (unpaired) electrons. The first-order chi connectivity index (χ1) is 16.4. The van der Waals surface area contributed by atoms with E-state index in [1.807, 2.05) is 31.2 Å². The molecule has 0 aliphatic carbocycles. The van der Waals surface area contributed by atoms with Gasteiger partial charge >= 0.3 is 5.97 Å². The van der Waals surface area contributed by atoms with Gasteiger partial charge in [-0.1, -0.05) is 19.1 Å². The van der Waals surface area contributed by atoms with Crippen LogP contribution in [-0.4, -0.2) is 41.9 Å². The minimum Gasteiger partial charge on any atom is -0.480 e. The molecule has 0 aliphatic heterocycles. The van der Waals surface area contributed by atoms with Gasteiger partial charge in [-0.15, -0.1) is 5.10 Å². The number of rotatable bonds is 10.